The average molecular weight is 345 g/mol. The highest BCUT2D eigenvalue weighted by atomic mass is 35.5. The van der Waals surface area contributed by atoms with Crippen LogP contribution in [0.3, 0.4) is 0 Å². The SMILES string of the molecule is CCc1nnc(S/C(=C\c2cccc(Cl)c2Cl)C(=O)O)o1. The lowest BCUT2D eigenvalue weighted by Gasteiger charge is -2.02. The second-order valence-electron chi connectivity index (χ2n) is 3.87. The Hall–Kier alpha value is -1.50. The molecule has 0 bridgehead atoms. The first-order valence-corrected chi connectivity index (χ1v) is 7.47. The molecule has 0 saturated heterocycles. The van der Waals surface area contributed by atoms with Crippen molar-refractivity contribution in [1.82, 2.24) is 10.2 Å². The van der Waals surface area contributed by atoms with E-state index in [2.05, 4.69) is 10.2 Å². The van der Waals surface area contributed by atoms with E-state index in [1.165, 1.54) is 6.08 Å². The fourth-order valence-corrected chi connectivity index (χ4v) is 2.47. The van der Waals surface area contributed by atoms with Gasteiger partial charge in [0.25, 0.3) is 5.22 Å². The van der Waals surface area contributed by atoms with Crippen LogP contribution in [0.4, 0.5) is 0 Å². The lowest BCUT2D eigenvalue weighted by molar-refractivity contribution is -0.131. The van der Waals surface area contributed by atoms with Crippen molar-refractivity contribution in [2.24, 2.45) is 0 Å². The Kier molecular flexibility index (Phi) is 5.27. The Morgan fingerprint density at radius 3 is 2.81 bits per heavy atom. The molecular formula is C13H10Cl2N2O3S. The molecule has 0 unspecified atom stereocenters. The van der Waals surface area contributed by atoms with Gasteiger partial charge in [0, 0.05) is 6.42 Å². The first-order valence-electron chi connectivity index (χ1n) is 5.90. The van der Waals surface area contributed by atoms with E-state index >= 15 is 0 Å². The van der Waals surface area contributed by atoms with Gasteiger partial charge in [0.05, 0.1) is 10.0 Å². The molecule has 0 radical (unpaired) electrons. The van der Waals surface area contributed by atoms with Crippen LogP contribution in [0.1, 0.15) is 18.4 Å². The number of halogens is 2. The monoisotopic (exact) mass is 344 g/mol. The Morgan fingerprint density at radius 2 is 2.19 bits per heavy atom. The van der Waals surface area contributed by atoms with E-state index in [0.717, 1.165) is 11.8 Å². The Morgan fingerprint density at radius 1 is 1.43 bits per heavy atom. The summed E-state index contributed by atoms with van der Waals surface area (Å²) in [4.78, 5) is 11.3. The predicted octanol–water partition coefficient (Wildman–Crippen LogP) is 4.16. The van der Waals surface area contributed by atoms with Gasteiger partial charge in [0.2, 0.25) is 5.89 Å². The topological polar surface area (TPSA) is 76.2 Å². The molecule has 1 aromatic carbocycles. The van der Waals surface area contributed by atoms with Gasteiger partial charge in [-0.15, -0.1) is 10.2 Å². The third kappa shape index (κ3) is 4.00. The maximum atomic E-state index is 11.3. The Labute approximate surface area is 135 Å². The molecular weight excluding hydrogens is 335 g/mol. The van der Waals surface area contributed by atoms with E-state index in [1.54, 1.807) is 18.2 Å². The van der Waals surface area contributed by atoms with Crippen LogP contribution < -0.4 is 0 Å². The van der Waals surface area contributed by atoms with Gasteiger partial charge in [-0.05, 0) is 29.5 Å². The van der Waals surface area contributed by atoms with Gasteiger partial charge in [-0.2, -0.15) is 0 Å². The molecule has 0 amide bonds. The van der Waals surface area contributed by atoms with Crippen LogP contribution in [0.2, 0.25) is 10.0 Å². The molecule has 0 aliphatic heterocycles. The van der Waals surface area contributed by atoms with Crippen LogP contribution in [0, 0.1) is 0 Å². The van der Waals surface area contributed by atoms with E-state index in [-0.39, 0.29) is 10.1 Å². The van der Waals surface area contributed by atoms with Gasteiger partial charge in [-0.25, -0.2) is 4.79 Å². The number of rotatable bonds is 5. The number of hydrogen-bond acceptors (Lipinski definition) is 5. The molecule has 1 aromatic heterocycles. The lowest BCUT2D eigenvalue weighted by atomic mass is 10.2. The van der Waals surface area contributed by atoms with Gasteiger partial charge < -0.3 is 9.52 Å². The van der Waals surface area contributed by atoms with Crippen LogP contribution in [-0.4, -0.2) is 21.3 Å². The van der Waals surface area contributed by atoms with E-state index in [9.17, 15) is 9.90 Å². The number of aromatic nitrogens is 2. The van der Waals surface area contributed by atoms with Crippen LogP contribution in [0.5, 0.6) is 0 Å². The quantitative estimate of drug-likeness (QED) is 0.648. The summed E-state index contributed by atoms with van der Waals surface area (Å²) < 4.78 is 5.28. The zero-order chi connectivity index (χ0) is 15.4. The lowest BCUT2D eigenvalue weighted by Crippen LogP contribution is -1.97. The van der Waals surface area contributed by atoms with Crippen molar-refractivity contribution >= 4 is 47.0 Å². The molecule has 0 fully saturated rings. The fraction of sp³-hybridized carbons (Fsp3) is 0.154. The number of aryl methyl sites for hydroxylation is 1. The number of aliphatic carboxylic acids is 1. The van der Waals surface area contributed by atoms with Crippen molar-refractivity contribution in [3.8, 4) is 0 Å². The van der Waals surface area contributed by atoms with Gasteiger partial charge in [0.15, 0.2) is 0 Å². The molecule has 0 spiro atoms. The van der Waals surface area contributed by atoms with Crippen LogP contribution in [0.15, 0.2) is 32.7 Å². The molecule has 21 heavy (non-hydrogen) atoms. The van der Waals surface area contributed by atoms with Crippen molar-refractivity contribution in [3.63, 3.8) is 0 Å². The molecule has 1 heterocycles. The minimum absolute atomic E-state index is 0.00506. The molecule has 0 aliphatic carbocycles. The van der Waals surface area contributed by atoms with E-state index in [4.69, 9.17) is 27.6 Å². The number of carboxylic acids is 1. The van der Waals surface area contributed by atoms with Crippen molar-refractivity contribution in [3.05, 3.63) is 44.6 Å². The molecule has 0 saturated carbocycles. The van der Waals surface area contributed by atoms with Crippen molar-refractivity contribution in [2.75, 3.05) is 0 Å². The maximum absolute atomic E-state index is 11.3. The summed E-state index contributed by atoms with van der Waals surface area (Å²) in [7, 11) is 0. The van der Waals surface area contributed by atoms with Gasteiger partial charge >= 0.3 is 5.97 Å². The van der Waals surface area contributed by atoms with Crippen LogP contribution in [-0.2, 0) is 11.2 Å². The number of carbonyl (C=O) groups is 1. The largest absolute Gasteiger partial charge is 0.477 e. The zero-order valence-electron chi connectivity index (χ0n) is 10.8. The highest BCUT2D eigenvalue weighted by Gasteiger charge is 2.15. The molecule has 0 atom stereocenters. The molecule has 1 N–H and O–H groups in total. The summed E-state index contributed by atoms with van der Waals surface area (Å²) in [5.41, 5.74) is 0.504. The van der Waals surface area contributed by atoms with Crippen LogP contribution >= 0.6 is 35.0 Å². The smallest absolute Gasteiger partial charge is 0.342 e. The Balaban J connectivity index is 2.32. The summed E-state index contributed by atoms with van der Waals surface area (Å²) >= 11 is 12.8. The second-order valence-corrected chi connectivity index (χ2v) is 5.65. The molecule has 2 aromatic rings. The van der Waals surface area contributed by atoms with Gasteiger partial charge in [0.1, 0.15) is 4.91 Å². The van der Waals surface area contributed by atoms with E-state index in [0.29, 0.717) is 27.9 Å². The molecule has 8 heteroatoms. The van der Waals surface area contributed by atoms with Gasteiger partial charge in [-0.3, -0.25) is 0 Å². The number of carboxylic acid groups (broad SMARTS) is 1. The minimum atomic E-state index is -1.12. The second kappa shape index (κ2) is 6.98. The number of thioether (sulfide) groups is 1. The summed E-state index contributed by atoms with van der Waals surface area (Å²) in [5, 5.41) is 17.6. The standard InChI is InChI=1S/C13H10Cl2N2O3S/c1-2-10-16-17-13(20-10)21-9(12(18)19)6-7-4-3-5-8(14)11(7)15/h3-6H,2H2,1H3,(H,18,19)/b9-6-. The van der Waals surface area contributed by atoms with Crippen molar-refractivity contribution < 1.29 is 14.3 Å². The minimum Gasteiger partial charge on any atom is -0.477 e. The molecule has 2 rings (SSSR count). The number of nitrogens with zero attached hydrogens (tertiary/aromatic N) is 2. The number of hydrogen-bond donors (Lipinski definition) is 1. The third-order valence-electron chi connectivity index (χ3n) is 2.43. The molecule has 0 aliphatic rings. The fourth-order valence-electron chi connectivity index (χ4n) is 1.42. The zero-order valence-corrected chi connectivity index (χ0v) is 13.2. The highest BCUT2D eigenvalue weighted by Crippen LogP contribution is 2.32. The van der Waals surface area contributed by atoms with E-state index < -0.39 is 5.97 Å². The van der Waals surface area contributed by atoms with Crippen LogP contribution in [0.25, 0.3) is 6.08 Å². The first kappa shape index (κ1) is 15.9. The summed E-state index contributed by atoms with van der Waals surface area (Å²) in [6.45, 7) is 1.86. The predicted molar refractivity (Wildman–Crippen MR) is 81.6 cm³/mol. The summed E-state index contributed by atoms with van der Waals surface area (Å²) in [6.07, 6.45) is 2.00. The first-order chi connectivity index (χ1) is 10.0. The molecule has 110 valence electrons. The Bertz CT molecular complexity index is 700. The average Bonchev–Trinajstić information content (AvgIpc) is 2.90. The third-order valence-corrected chi connectivity index (χ3v) is 4.11. The summed E-state index contributed by atoms with van der Waals surface area (Å²) in [5.74, 6) is -0.671. The highest BCUT2D eigenvalue weighted by molar-refractivity contribution is 8.03. The van der Waals surface area contributed by atoms with Gasteiger partial charge in [-0.1, -0.05) is 42.3 Å². The molecule has 5 nitrogen and oxygen atoms in total. The maximum Gasteiger partial charge on any atom is 0.342 e. The number of benzene rings is 1. The summed E-state index contributed by atoms with van der Waals surface area (Å²) in [6, 6.07) is 4.98. The normalized spacial score (nSPS) is 11.7. The van der Waals surface area contributed by atoms with Crippen molar-refractivity contribution in [2.45, 2.75) is 18.6 Å². The van der Waals surface area contributed by atoms with Crippen molar-refractivity contribution in [1.29, 1.82) is 0 Å². The van der Waals surface area contributed by atoms with E-state index in [1.807, 2.05) is 6.92 Å².